The van der Waals surface area contributed by atoms with Gasteiger partial charge in [0, 0.05) is 0 Å². The van der Waals surface area contributed by atoms with Crippen molar-refractivity contribution < 1.29 is 4.74 Å². The van der Waals surface area contributed by atoms with E-state index in [2.05, 4.69) is 40.0 Å². The second-order valence-electron chi connectivity index (χ2n) is 4.08. The molecule has 0 amide bonds. The molecule has 0 saturated carbocycles. The number of ether oxygens (including phenoxy) is 1. The highest BCUT2D eigenvalue weighted by Gasteiger charge is 2.07. The Morgan fingerprint density at radius 1 is 1.39 bits per heavy atom. The number of nitrogen functional groups attached to an aromatic ring is 1. The number of nitrogens with two attached hydrogens (primary N) is 1. The molecule has 5 heteroatoms. The van der Waals surface area contributed by atoms with Crippen molar-refractivity contribution in [2.45, 2.75) is 19.8 Å². The lowest BCUT2D eigenvalue weighted by Crippen LogP contribution is -1.95. The highest BCUT2D eigenvalue weighted by Crippen LogP contribution is 2.27. The molecule has 0 fully saturated rings. The highest BCUT2D eigenvalue weighted by molar-refractivity contribution is 9.11. The van der Waals surface area contributed by atoms with Crippen LogP contribution in [0.2, 0.25) is 0 Å². The smallest absolute Gasteiger partial charge is 0.181 e. The molecule has 0 saturated heterocycles. The molecule has 2 aromatic rings. The molecule has 2 N–H and O–H groups in total. The molecule has 0 radical (unpaired) electrons. The van der Waals surface area contributed by atoms with Crippen LogP contribution in [0.4, 0.5) is 5.13 Å². The fourth-order valence-corrected chi connectivity index (χ4v) is 3.25. The first-order valence-electron chi connectivity index (χ1n) is 5.64. The van der Waals surface area contributed by atoms with Crippen molar-refractivity contribution in [2.75, 3.05) is 12.8 Å². The molecule has 2 rings (SSSR count). The van der Waals surface area contributed by atoms with Gasteiger partial charge in [0.2, 0.25) is 0 Å². The third-order valence-electron chi connectivity index (χ3n) is 2.78. The molecule has 1 aromatic heterocycles. The van der Waals surface area contributed by atoms with E-state index in [1.54, 1.807) is 7.11 Å². The third-order valence-corrected chi connectivity index (χ3v) is 4.43. The number of nitrogens with zero attached hydrogens (tertiary/aromatic N) is 1. The molecule has 96 valence electrons. The van der Waals surface area contributed by atoms with E-state index < -0.39 is 0 Å². The van der Waals surface area contributed by atoms with Gasteiger partial charge in [0.1, 0.15) is 5.75 Å². The number of hydrogen-bond acceptors (Lipinski definition) is 4. The van der Waals surface area contributed by atoms with Crippen molar-refractivity contribution in [3.8, 4) is 5.75 Å². The van der Waals surface area contributed by atoms with Gasteiger partial charge in [-0.3, -0.25) is 0 Å². The fourth-order valence-electron chi connectivity index (χ4n) is 1.86. The summed E-state index contributed by atoms with van der Waals surface area (Å²) in [5, 5.41) is 0.614. The van der Waals surface area contributed by atoms with Crippen LogP contribution in [0.15, 0.2) is 22.0 Å². The summed E-state index contributed by atoms with van der Waals surface area (Å²) in [6.45, 7) is 2.05. The second kappa shape index (κ2) is 5.71. The molecule has 0 aliphatic rings. The predicted molar refractivity (Wildman–Crippen MR) is 79.4 cm³/mol. The lowest BCUT2D eigenvalue weighted by atomic mass is 10.1. The van der Waals surface area contributed by atoms with Crippen LogP contribution in [0.5, 0.6) is 5.75 Å². The lowest BCUT2D eigenvalue weighted by molar-refractivity contribution is 0.411. The first kappa shape index (κ1) is 13.4. The van der Waals surface area contributed by atoms with Gasteiger partial charge >= 0.3 is 0 Å². The van der Waals surface area contributed by atoms with Gasteiger partial charge < -0.3 is 10.5 Å². The zero-order valence-electron chi connectivity index (χ0n) is 10.4. The van der Waals surface area contributed by atoms with Crippen molar-refractivity contribution in [3.63, 3.8) is 0 Å². The summed E-state index contributed by atoms with van der Waals surface area (Å²) >= 11 is 4.96. The van der Waals surface area contributed by atoms with E-state index in [9.17, 15) is 0 Å². The van der Waals surface area contributed by atoms with Crippen molar-refractivity contribution in [1.82, 2.24) is 4.98 Å². The van der Waals surface area contributed by atoms with Crippen LogP contribution in [0.1, 0.15) is 16.8 Å². The molecule has 18 heavy (non-hydrogen) atoms. The number of methoxy groups -OCH3 is 1. The summed E-state index contributed by atoms with van der Waals surface area (Å²) in [5.41, 5.74) is 9.15. The largest absolute Gasteiger partial charge is 0.496 e. The summed E-state index contributed by atoms with van der Waals surface area (Å²) in [6, 6.07) is 6.26. The van der Waals surface area contributed by atoms with Crippen LogP contribution in [0.25, 0.3) is 0 Å². The van der Waals surface area contributed by atoms with Gasteiger partial charge in [-0.15, -0.1) is 0 Å². The lowest BCUT2D eigenvalue weighted by Gasteiger charge is -2.07. The van der Waals surface area contributed by atoms with Crippen molar-refractivity contribution >= 4 is 32.4 Å². The maximum absolute atomic E-state index is 5.67. The van der Waals surface area contributed by atoms with Crippen LogP contribution in [0.3, 0.4) is 0 Å². The maximum atomic E-state index is 5.67. The van der Waals surface area contributed by atoms with Gasteiger partial charge in [0.25, 0.3) is 0 Å². The fraction of sp³-hybridized carbons (Fsp3) is 0.308. The van der Waals surface area contributed by atoms with E-state index in [4.69, 9.17) is 10.5 Å². The maximum Gasteiger partial charge on any atom is 0.181 e. The monoisotopic (exact) mass is 326 g/mol. The Morgan fingerprint density at radius 2 is 2.17 bits per heavy atom. The third kappa shape index (κ3) is 3.03. The molecule has 0 aliphatic heterocycles. The molecule has 3 nitrogen and oxygen atoms in total. The number of hydrogen-bond donors (Lipinski definition) is 1. The van der Waals surface area contributed by atoms with Gasteiger partial charge in [0.15, 0.2) is 5.13 Å². The average molecular weight is 327 g/mol. The Hall–Kier alpha value is -1.07. The van der Waals surface area contributed by atoms with Crippen LogP contribution >= 0.6 is 27.3 Å². The molecule has 0 unspecified atom stereocenters. The number of rotatable bonds is 4. The summed E-state index contributed by atoms with van der Waals surface area (Å²) in [5.74, 6) is 0.929. The topological polar surface area (TPSA) is 48.1 Å². The Kier molecular flexibility index (Phi) is 4.24. The van der Waals surface area contributed by atoms with Gasteiger partial charge in [-0.1, -0.05) is 23.5 Å². The number of aromatic nitrogens is 1. The molecule has 1 aromatic carbocycles. The average Bonchev–Trinajstić information content (AvgIpc) is 2.65. The zero-order valence-corrected chi connectivity index (χ0v) is 12.8. The molecule has 0 atom stereocenters. The van der Waals surface area contributed by atoms with E-state index in [1.165, 1.54) is 16.9 Å². The molecular weight excluding hydrogens is 312 g/mol. The Bertz CT molecular complexity index is 554. The van der Waals surface area contributed by atoms with Crippen LogP contribution in [0, 0.1) is 6.92 Å². The Balaban J connectivity index is 2.06. The predicted octanol–water partition coefficient (Wildman–Crippen LogP) is 3.59. The highest BCUT2D eigenvalue weighted by atomic mass is 79.9. The zero-order chi connectivity index (χ0) is 13.1. The number of halogens is 1. The minimum absolute atomic E-state index is 0.614. The van der Waals surface area contributed by atoms with Crippen LogP contribution in [-0.2, 0) is 12.8 Å². The van der Waals surface area contributed by atoms with E-state index in [0.717, 1.165) is 33.6 Å². The van der Waals surface area contributed by atoms with Crippen molar-refractivity contribution in [3.05, 3.63) is 38.8 Å². The van der Waals surface area contributed by atoms with Crippen LogP contribution < -0.4 is 10.5 Å². The number of benzene rings is 1. The molecule has 0 aliphatic carbocycles. The van der Waals surface area contributed by atoms with Crippen LogP contribution in [-0.4, -0.2) is 12.1 Å². The standard InChI is InChI=1S/C13H15BrN2OS/c1-8-7-9(4-6-11(8)17-2)3-5-10-12(14)18-13(15)16-10/h4,6-7H,3,5H2,1-2H3,(H2,15,16). The Labute approximate surface area is 119 Å². The molecule has 0 bridgehead atoms. The van der Waals surface area contributed by atoms with E-state index in [0.29, 0.717) is 5.13 Å². The number of anilines is 1. The van der Waals surface area contributed by atoms with Gasteiger partial charge in [-0.05, 0) is 52.9 Å². The number of aryl methyl sites for hydroxylation is 3. The summed E-state index contributed by atoms with van der Waals surface area (Å²) < 4.78 is 6.28. The Morgan fingerprint density at radius 3 is 2.72 bits per heavy atom. The minimum Gasteiger partial charge on any atom is -0.496 e. The van der Waals surface area contributed by atoms with E-state index >= 15 is 0 Å². The minimum atomic E-state index is 0.614. The summed E-state index contributed by atoms with van der Waals surface area (Å²) in [4.78, 5) is 4.31. The molecular formula is C13H15BrN2OS. The van der Waals surface area contributed by atoms with Crippen molar-refractivity contribution in [2.24, 2.45) is 0 Å². The molecule has 0 spiro atoms. The van der Waals surface area contributed by atoms with Gasteiger partial charge in [0.05, 0.1) is 16.6 Å². The number of thiazole rings is 1. The first-order valence-corrected chi connectivity index (χ1v) is 7.25. The second-order valence-corrected chi connectivity index (χ2v) is 6.43. The quantitative estimate of drug-likeness (QED) is 0.933. The first-order chi connectivity index (χ1) is 8.60. The normalized spacial score (nSPS) is 10.6. The summed E-state index contributed by atoms with van der Waals surface area (Å²) in [6.07, 6.45) is 1.84. The van der Waals surface area contributed by atoms with E-state index in [1.807, 2.05) is 6.07 Å². The molecule has 1 heterocycles. The van der Waals surface area contributed by atoms with Gasteiger partial charge in [-0.2, -0.15) is 0 Å². The van der Waals surface area contributed by atoms with E-state index in [-0.39, 0.29) is 0 Å². The summed E-state index contributed by atoms with van der Waals surface area (Å²) in [7, 11) is 1.69. The van der Waals surface area contributed by atoms with Gasteiger partial charge in [-0.25, -0.2) is 4.98 Å². The SMILES string of the molecule is COc1ccc(CCc2nc(N)sc2Br)cc1C. The van der Waals surface area contributed by atoms with Crippen molar-refractivity contribution in [1.29, 1.82) is 0 Å².